The quantitative estimate of drug-likeness (QED) is 0.566. The van der Waals surface area contributed by atoms with Gasteiger partial charge in [-0.2, -0.15) is 5.10 Å². The lowest BCUT2D eigenvalue weighted by Crippen LogP contribution is -2.50. The summed E-state index contributed by atoms with van der Waals surface area (Å²) in [6.45, 7) is 1.92. The first kappa shape index (κ1) is 19.1. The molecule has 3 saturated heterocycles. The number of carbonyl (C=O) groups excluding carboxylic acids is 2. The van der Waals surface area contributed by atoms with E-state index < -0.39 is 17.9 Å². The third-order valence-corrected chi connectivity index (χ3v) is 8.08. The van der Waals surface area contributed by atoms with Crippen molar-refractivity contribution >= 4 is 39.7 Å². The third-order valence-electron chi connectivity index (χ3n) is 7.18. The minimum Gasteiger partial charge on any atom is -0.370 e. The fourth-order valence-corrected chi connectivity index (χ4v) is 6.69. The fourth-order valence-electron chi connectivity index (χ4n) is 5.92. The second-order valence-electron chi connectivity index (χ2n) is 8.93. The van der Waals surface area contributed by atoms with Gasteiger partial charge in [-0.05, 0) is 24.6 Å². The number of ether oxygens (including phenoxy) is 1. The summed E-state index contributed by atoms with van der Waals surface area (Å²) in [5.74, 6) is -1.50. The van der Waals surface area contributed by atoms with Crippen LogP contribution in [-0.2, 0) is 14.3 Å². The fraction of sp³-hybridized carbons (Fsp3) is 0.280. The van der Waals surface area contributed by atoms with E-state index in [1.807, 2.05) is 72.6 Å². The van der Waals surface area contributed by atoms with E-state index in [0.29, 0.717) is 5.13 Å². The molecule has 2 aromatic carbocycles. The number of aryl methyl sites for hydroxylation is 1. The summed E-state index contributed by atoms with van der Waals surface area (Å²) in [6.07, 6.45) is 0.907. The maximum atomic E-state index is 13.5. The Bertz CT molecular complexity index is 1310. The first-order valence-electron chi connectivity index (χ1n) is 11.1. The number of carbonyl (C=O) groups is 2. The number of fused-ring (bicyclic) bond motifs is 8. The number of thiazole rings is 1. The molecule has 6 atom stereocenters. The van der Waals surface area contributed by atoms with E-state index in [9.17, 15) is 9.59 Å². The molecule has 3 fully saturated rings. The van der Waals surface area contributed by atoms with Gasteiger partial charge in [-0.25, -0.2) is 9.88 Å². The second kappa shape index (κ2) is 6.82. The predicted octanol–water partition coefficient (Wildman–Crippen LogP) is 3.25. The van der Waals surface area contributed by atoms with Crippen LogP contribution in [0.2, 0.25) is 0 Å². The van der Waals surface area contributed by atoms with Gasteiger partial charge in [0, 0.05) is 11.1 Å². The highest BCUT2D eigenvalue weighted by Crippen LogP contribution is 2.56. The van der Waals surface area contributed by atoms with E-state index in [1.165, 1.54) is 16.2 Å². The lowest BCUT2D eigenvalue weighted by molar-refractivity contribution is -0.125. The van der Waals surface area contributed by atoms with Gasteiger partial charge >= 0.3 is 0 Å². The van der Waals surface area contributed by atoms with E-state index >= 15 is 0 Å². The maximum Gasteiger partial charge on any atom is 0.242 e. The predicted molar refractivity (Wildman–Crippen MR) is 124 cm³/mol. The number of para-hydroxylation sites is 1. The van der Waals surface area contributed by atoms with E-state index in [-0.39, 0.29) is 29.9 Å². The topological polar surface area (TPSA) is 75.1 Å². The Labute approximate surface area is 194 Å². The Kier molecular flexibility index (Phi) is 3.96. The zero-order valence-electron chi connectivity index (χ0n) is 17.7. The number of benzene rings is 2. The average Bonchev–Trinajstić information content (AvgIpc) is 3.63. The number of hydrazone groups is 1. The summed E-state index contributed by atoms with van der Waals surface area (Å²) in [5, 5.41) is 7.49. The molecule has 0 unspecified atom stereocenters. The number of aromatic nitrogens is 1. The summed E-state index contributed by atoms with van der Waals surface area (Å²) in [6, 6.07) is 19.9. The normalized spacial score (nSPS) is 31.8. The molecule has 5 heterocycles. The highest BCUT2D eigenvalue weighted by molar-refractivity contribution is 7.16. The van der Waals surface area contributed by atoms with Crippen molar-refractivity contribution in [3.8, 4) is 0 Å². The van der Waals surface area contributed by atoms with Gasteiger partial charge in [-0.15, -0.1) is 11.3 Å². The zero-order chi connectivity index (χ0) is 22.3. The molecule has 7 nitrogen and oxygen atoms in total. The van der Waals surface area contributed by atoms with Gasteiger partial charge < -0.3 is 4.74 Å². The molecule has 0 aliphatic carbocycles. The van der Waals surface area contributed by atoms with Crippen molar-refractivity contribution in [3.05, 3.63) is 77.3 Å². The SMILES string of the molecule is Cc1cnc(N2C(=O)[C@@H]3[C@@H]4O[C@@H]([C@H]5C(c6ccccc6)=NN(c6ccccc6)[C@@H]45)[C@@H]3C2=O)s1. The van der Waals surface area contributed by atoms with Crippen LogP contribution in [0.4, 0.5) is 10.8 Å². The van der Waals surface area contributed by atoms with Crippen molar-refractivity contribution in [2.24, 2.45) is 22.9 Å². The molecule has 164 valence electrons. The van der Waals surface area contributed by atoms with Crippen LogP contribution in [0.3, 0.4) is 0 Å². The molecule has 3 aromatic rings. The van der Waals surface area contributed by atoms with Gasteiger partial charge in [0.2, 0.25) is 11.8 Å². The molecule has 7 rings (SSSR count). The Morgan fingerprint density at radius 2 is 1.55 bits per heavy atom. The molecular formula is C25H20N4O3S. The van der Waals surface area contributed by atoms with Crippen molar-refractivity contribution in [2.45, 2.75) is 25.2 Å². The number of anilines is 2. The monoisotopic (exact) mass is 456 g/mol. The van der Waals surface area contributed by atoms with E-state index in [0.717, 1.165) is 21.8 Å². The molecule has 0 N–H and O–H groups in total. The highest BCUT2D eigenvalue weighted by Gasteiger charge is 2.72. The zero-order valence-corrected chi connectivity index (χ0v) is 18.6. The van der Waals surface area contributed by atoms with Gasteiger partial charge in [-0.1, -0.05) is 48.5 Å². The number of nitrogens with zero attached hydrogens (tertiary/aromatic N) is 4. The summed E-state index contributed by atoms with van der Waals surface area (Å²) in [7, 11) is 0. The van der Waals surface area contributed by atoms with Gasteiger partial charge in [0.1, 0.15) is 0 Å². The van der Waals surface area contributed by atoms with Crippen molar-refractivity contribution in [2.75, 3.05) is 9.91 Å². The van der Waals surface area contributed by atoms with Crippen LogP contribution in [0.5, 0.6) is 0 Å². The lowest BCUT2D eigenvalue weighted by atomic mass is 9.70. The second-order valence-corrected chi connectivity index (χ2v) is 10.1. The molecule has 33 heavy (non-hydrogen) atoms. The molecule has 1 aromatic heterocycles. The first-order chi connectivity index (χ1) is 16.1. The molecule has 2 amide bonds. The third kappa shape index (κ3) is 2.53. The Morgan fingerprint density at radius 3 is 2.21 bits per heavy atom. The van der Waals surface area contributed by atoms with Crippen LogP contribution in [0.1, 0.15) is 10.4 Å². The Balaban J connectivity index is 1.33. The van der Waals surface area contributed by atoms with Crippen LogP contribution in [0.15, 0.2) is 72.0 Å². The van der Waals surface area contributed by atoms with Crippen molar-refractivity contribution < 1.29 is 14.3 Å². The van der Waals surface area contributed by atoms with E-state index in [4.69, 9.17) is 9.84 Å². The molecule has 4 aliphatic heterocycles. The van der Waals surface area contributed by atoms with Crippen LogP contribution in [-0.4, -0.2) is 40.8 Å². The summed E-state index contributed by atoms with van der Waals surface area (Å²) in [4.78, 5) is 33.6. The van der Waals surface area contributed by atoms with E-state index in [1.54, 1.807) is 6.20 Å². The van der Waals surface area contributed by atoms with Crippen LogP contribution in [0, 0.1) is 24.7 Å². The molecule has 8 heteroatoms. The average molecular weight is 457 g/mol. The number of hydrogen-bond donors (Lipinski definition) is 0. The standard InChI is InChI=1S/C25H20N4O3S/c1-13-12-26-25(33-13)28-23(30)16-17(24(28)31)22-20-18(21(16)32-22)19(14-8-4-2-5-9-14)27-29(20)15-10-6-3-7-11-15/h2-12,16-18,20-22H,1H3/t16-,17+,18+,20-,21-,22+/m1/s1. The van der Waals surface area contributed by atoms with Crippen LogP contribution >= 0.6 is 11.3 Å². The molecular weight excluding hydrogens is 436 g/mol. The molecule has 0 spiro atoms. The minimum absolute atomic E-state index is 0.0893. The first-order valence-corrected chi connectivity index (χ1v) is 11.9. The smallest absolute Gasteiger partial charge is 0.242 e. The van der Waals surface area contributed by atoms with Crippen LogP contribution < -0.4 is 9.91 Å². The van der Waals surface area contributed by atoms with Gasteiger partial charge in [0.15, 0.2) is 5.13 Å². The molecule has 2 bridgehead atoms. The number of imide groups is 1. The van der Waals surface area contributed by atoms with Crippen molar-refractivity contribution in [3.63, 3.8) is 0 Å². The number of hydrogen-bond acceptors (Lipinski definition) is 7. The van der Waals surface area contributed by atoms with Gasteiger partial charge in [0.05, 0.1) is 47.4 Å². The van der Waals surface area contributed by atoms with Crippen molar-refractivity contribution in [1.29, 1.82) is 0 Å². The Morgan fingerprint density at radius 1 is 0.879 bits per heavy atom. The number of rotatable bonds is 3. The summed E-state index contributed by atoms with van der Waals surface area (Å²) >= 11 is 1.37. The summed E-state index contributed by atoms with van der Waals surface area (Å²) < 4.78 is 6.43. The highest BCUT2D eigenvalue weighted by atomic mass is 32.1. The van der Waals surface area contributed by atoms with Crippen molar-refractivity contribution in [1.82, 2.24) is 4.98 Å². The Hall–Kier alpha value is -3.36. The van der Waals surface area contributed by atoms with Crippen LogP contribution in [0.25, 0.3) is 0 Å². The maximum absolute atomic E-state index is 13.5. The molecule has 0 saturated carbocycles. The van der Waals surface area contributed by atoms with Gasteiger partial charge in [-0.3, -0.25) is 14.6 Å². The lowest BCUT2D eigenvalue weighted by Gasteiger charge is -2.32. The molecule has 0 radical (unpaired) electrons. The summed E-state index contributed by atoms with van der Waals surface area (Å²) in [5.41, 5.74) is 2.89. The van der Waals surface area contributed by atoms with E-state index in [2.05, 4.69) is 4.98 Å². The van der Waals surface area contributed by atoms with Gasteiger partial charge in [0.25, 0.3) is 0 Å². The minimum atomic E-state index is -0.510. The molecule has 4 aliphatic rings. The largest absolute Gasteiger partial charge is 0.370 e. The number of amides is 2.